The first-order valence-electron chi connectivity index (χ1n) is 10.6. The van der Waals surface area contributed by atoms with Crippen molar-refractivity contribution in [3.63, 3.8) is 0 Å². The first-order chi connectivity index (χ1) is 16.1. The lowest BCUT2D eigenvalue weighted by atomic mass is 10.1. The summed E-state index contributed by atoms with van der Waals surface area (Å²) in [5, 5.41) is 3.98. The SMILES string of the molecule is CCCOc1ccc(C(=O)Oc2ccc(C=NNC(=O)Cc3ccccc3)cc2OC)cc1. The second-order valence-electron chi connectivity index (χ2n) is 7.13. The van der Waals surface area contributed by atoms with Gasteiger partial charge in [-0.05, 0) is 60.0 Å². The number of nitrogens with zero attached hydrogens (tertiary/aromatic N) is 1. The molecule has 33 heavy (non-hydrogen) atoms. The highest BCUT2D eigenvalue weighted by Crippen LogP contribution is 2.28. The summed E-state index contributed by atoms with van der Waals surface area (Å²) >= 11 is 0. The molecule has 3 aromatic rings. The van der Waals surface area contributed by atoms with Crippen LogP contribution in [0.1, 0.15) is 34.8 Å². The van der Waals surface area contributed by atoms with Crippen LogP contribution < -0.4 is 19.6 Å². The van der Waals surface area contributed by atoms with Gasteiger partial charge in [0, 0.05) is 0 Å². The molecule has 0 saturated heterocycles. The van der Waals surface area contributed by atoms with Crippen LogP contribution >= 0.6 is 0 Å². The molecule has 0 atom stereocenters. The first kappa shape index (κ1) is 23.5. The van der Waals surface area contributed by atoms with Crippen molar-refractivity contribution in [2.24, 2.45) is 5.10 Å². The largest absolute Gasteiger partial charge is 0.494 e. The number of benzene rings is 3. The van der Waals surface area contributed by atoms with Gasteiger partial charge in [-0.2, -0.15) is 5.10 Å². The number of hydrogen-bond acceptors (Lipinski definition) is 6. The van der Waals surface area contributed by atoms with Crippen LogP contribution in [-0.4, -0.2) is 31.8 Å². The maximum atomic E-state index is 12.5. The topological polar surface area (TPSA) is 86.2 Å². The Morgan fingerprint density at radius 2 is 1.73 bits per heavy atom. The van der Waals surface area contributed by atoms with Crippen molar-refractivity contribution in [2.75, 3.05) is 13.7 Å². The molecule has 3 rings (SSSR count). The van der Waals surface area contributed by atoms with E-state index in [1.54, 1.807) is 42.5 Å². The highest BCUT2D eigenvalue weighted by Gasteiger charge is 2.13. The summed E-state index contributed by atoms with van der Waals surface area (Å²) in [5.41, 5.74) is 4.47. The Balaban J connectivity index is 1.59. The maximum Gasteiger partial charge on any atom is 0.343 e. The van der Waals surface area contributed by atoms with Crippen LogP contribution in [-0.2, 0) is 11.2 Å². The van der Waals surface area contributed by atoms with E-state index in [2.05, 4.69) is 10.5 Å². The lowest BCUT2D eigenvalue weighted by Crippen LogP contribution is -2.19. The van der Waals surface area contributed by atoms with E-state index >= 15 is 0 Å². The van der Waals surface area contributed by atoms with Crippen molar-refractivity contribution in [1.29, 1.82) is 0 Å². The van der Waals surface area contributed by atoms with Crippen LogP contribution in [0.3, 0.4) is 0 Å². The zero-order chi connectivity index (χ0) is 23.5. The monoisotopic (exact) mass is 446 g/mol. The van der Waals surface area contributed by atoms with Crippen LogP contribution in [0, 0.1) is 0 Å². The van der Waals surface area contributed by atoms with Crippen molar-refractivity contribution in [2.45, 2.75) is 19.8 Å². The second-order valence-corrected chi connectivity index (χ2v) is 7.13. The highest BCUT2D eigenvalue weighted by atomic mass is 16.6. The number of nitrogens with one attached hydrogen (secondary N) is 1. The van der Waals surface area contributed by atoms with Crippen LogP contribution in [0.5, 0.6) is 17.2 Å². The zero-order valence-electron chi connectivity index (χ0n) is 18.6. The van der Waals surface area contributed by atoms with Crippen molar-refractivity contribution < 1.29 is 23.8 Å². The summed E-state index contributed by atoms with van der Waals surface area (Å²) in [6.07, 6.45) is 2.64. The Morgan fingerprint density at radius 1 is 0.970 bits per heavy atom. The van der Waals surface area contributed by atoms with Gasteiger partial charge >= 0.3 is 5.97 Å². The third-order valence-electron chi connectivity index (χ3n) is 4.56. The molecule has 0 aliphatic heterocycles. The van der Waals surface area contributed by atoms with Crippen molar-refractivity contribution in [1.82, 2.24) is 5.43 Å². The molecule has 0 unspecified atom stereocenters. The van der Waals surface area contributed by atoms with E-state index in [0.29, 0.717) is 29.2 Å². The molecule has 0 radical (unpaired) electrons. The van der Waals surface area contributed by atoms with E-state index in [1.165, 1.54) is 13.3 Å². The average molecular weight is 447 g/mol. The number of carbonyl (C=O) groups is 2. The normalized spacial score (nSPS) is 10.6. The third-order valence-corrected chi connectivity index (χ3v) is 4.56. The minimum atomic E-state index is -0.509. The first-order valence-corrected chi connectivity index (χ1v) is 10.6. The Kier molecular flexibility index (Phi) is 8.59. The molecule has 1 N–H and O–H groups in total. The molecule has 0 aliphatic carbocycles. The molecular formula is C26H26N2O5. The van der Waals surface area contributed by atoms with Crippen LogP contribution in [0.25, 0.3) is 0 Å². The number of amides is 1. The number of esters is 1. The fourth-order valence-corrected chi connectivity index (χ4v) is 2.91. The van der Waals surface area contributed by atoms with E-state index < -0.39 is 5.97 Å². The zero-order valence-corrected chi connectivity index (χ0v) is 18.6. The summed E-state index contributed by atoms with van der Waals surface area (Å²) in [7, 11) is 1.48. The molecular weight excluding hydrogens is 420 g/mol. The third kappa shape index (κ3) is 7.21. The predicted octanol–water partition coefficient (Wildman–Crippen LogP) is 4.40. The number of hydrazone groups is 1. The molecule has 1 amide bonds. The second kappa shape index (κ2) is 12.0. The lowest BCUT2D eigenvalue weighted by Gasteiger charge is -2.10. The summed E-state index contributed by atoms with van der Waals surface area (Å²) in [6, 6.07) is 21.2. The lowest BCUT2D eigenvalue weighted by molar-refractivity contribution is -0.120. The summed E-state index contributed by atoms with van der Waals surface area (Å²) in [5.74, 6) is 0.612. The van der Waals surface area contributed by atoms with Crippen molar-refractivity contribution >= 4 is 18.1 Å². The van der Waals surface area contributed by atoms with Crippen LogP contribution in [0.2, 0.25) is 0 Å². The Morgan fingerprint density at radius 3 is 2.42 bits per heavy atom. The fraction of sp³-hybridized carbons (Fsp3) is 0.192. The Labute approximate surface area is 193 Å². The Hall–Kier alpha value is -4.13. The molecule has 3 aromatic carbocycles. The summed E-state index contributed by atoms with van der Waals surface area (Å²) in [4.78, 5) is 24.5. The van der Waals surface area contributed by atoms with Gasteiger partial charge < -0.3 is 14.2 Å². The molecule has 7 nitrogen and oxygen atoms in total. The molecule has 0 saturated carbocycles. The van der Waals surface area contributed by atoms with E-state index in [0.717, 1.165) is 12.0 Å². The van der Waals surface area contributed by atoms with Gasteiger partial charge in [0.05, 0.1) is 31.9 Å². The standard InChI is InChI=1S/C26H26N2O5/c1-3-15-32-22-12-10-21(11-13-22)26(30)33-23-14-9-20(16-24(23)31-2)18-27-28-25(29)17-19-7-5-4-6-8-19/h4-14,16,18H,3,15,17H2,1-2H3,(H,28,29). The molecule has 0 spiro atoms. The Bertz CT molecular complexity index is 1100. The number of ether oxygens (including phenoxy) is 3. The van der Waals surface area contributed by atoms with Gasteiger partial charge in [0.1, 0.15) is 5.75 Å². The molecule has 0 aliphatic rings. The van der Waals surface area contributed by atoms with Crippen LogP contribution in [0.15, 0.2) is 77.9 Å². The van der Waals surface area contributed by atoms with E-state index in [9.17, 15) is 9.59 Å². The maximum absolute atomic E-state index is 12.5. The highest BCUT2D eigenvalue weighted by molar-refractivity contribution is 5.92. The molecule has 7 heteroatoms. The predicted molar refractivity (Wildman–Crippen MR) is 126 cm³/mol. The average Bonchev–Trinajstić information content (AvgIpc) is 2.84. The number of carbonyl (C=O) groups excluding carboxylic acids is 2. The van der Waals surface area contributed by atoms with Gasteiger partial charge in [-0.25, -0.2) is 10.2 Å². The molecule has 170 valence electrons. The molecule has 0 bridgehead atoms. The minimum absolute atomic E-state index is 0.221. The van der Waals surface area contributed by atoms with Gasteiger partial charge in [-0.15, -0.1) is 0 Å². The van der Waals surface area contributed by atoms with Gasteiger partial charge in [0.25, 0.3) is 0 Å². The van der Waals surface area contributed by atoms with Gasteiger partial charge in [-0.1, -0.05) is 37.3 Å². The molecule has 0 fully saturated rings. The van der Waals surface area contributed by atoms with Gasteiger partial charge in [-0.3, -0.25) is 4.79 Å². The van der Waals surface area contributed by atoms with E-state index in [4.69, 9.17) is 14.2 Å². The molecule has 0 heterocycles. The smallest absolute Gasteiger partial charge is 0.343 e. The van der Waals surface area contributed by atoms with Crippen molar-refractivity contribution in [3.8, 4) is 17.2 Å². The van der Waals surface area contributed by atoms with Crippen molar-refractivity contribution in [3.05, 3.63) is 89.5 Å². The number of rotatable bonds is 10. The van der Waals surface area contributed by atoms with Crippen LogP contribution in [0.4, 0.5) is 0 Å². The van der Waals surface area contributed by atoms with E-state index in [1.807, 2.05) is 37.3 Å². The quantitative estimate of drug-likeness (QED) is 0.216. The molecule has 0 aromatic heterocycles. The number of methoxy groups -OCH3 is 1. The van der Waals surface area contributed by atoms with Gasteiger partial charge in [0.15, 0.2) is 11.5 Å². The summed E-state index contributed by atoms with van der Waals surface area (Å²) in [6.45, 7) is 2.64. The fourth-order valence-electron chi connectivity index (χ4n) is 2.91. The van der Waals surface area contributed by atoms with E-state index in [-0.39, 0.29) is 18.1 Å². The van der Waals surface area contributed by atoms with Gasteiger partial charge in [0.2, 0.25) is 5.91 Å². The summed E-state index contributed by atoms with van der Waals surface area (Å²) < 4.78 is 16.4. The minimum Gasteiger partial charge on any atom is -0.494 e. The number of hydrogen-bond donors (Lipinski definition) is 1.